The molecule has 0 spiro atoms. The molecule has 2 aromatic rings. The van der Waals surface area contributed by atoms with Crippen LogP contribution in [-0.4, -0.2) is 59.8 Å². The van der Waals surface area contributed by atoms with Gasteiger partial charge in [0.1, 0.15) is 0 Å². The summed E-state index contributed by atoms with van der Waals surface area (Å²) >= 11 is 0. The zero-order valence-electron chi connectivity index (χ0n) is 22.7. The fraction of sp³-hybridized carbons (Fsp3) is 0.548. The molecule has 196 valence electrons. The minimum atomic E-state index is -0.448. The van der Waals surface area contributed by atoms with E-state index < -0.39 is 5.41 Å². The third-order valence-electron chi connectivity index (χ3n) is 7.90. The van der Waals surface area contributed by atoms with Gasteiger partial charge in [-0.15, -0.1) is 0 Å². The molecule has 0 radical (unpaired) electrons. The van der Waals surface area contributed by atoms with Gasteiger partial charge in [0, 0.05) is 30.0 Å². The number of nitrogens with two attached hydrogens (primary N) is 1. The average molecular weight is 492 g/mol. The van der Waals surface area contributed by atoms with Gasteiger partial charge < -0.3 is 10.6 Å². The Bertz CT molecular complexity index is 932. The van der Waals surface area contributed by atoms with Gasteiger partial charge in [-0.1, -0.05) is 87.4 Å². The summed E-state index contributed by atoms with van der Waals surface area (Å²) in [5.41, 5.74) is 7.58. The Labute approximate surface area is 218 Å². The molecule has 0 atom stereocenters. The highest BCUT2D eigenvalue weighted by Gasteiger charge is 2.35. The number of ketones is 1. The standard InChI is InChI=1S/C31H45N3O2/c1-30(2)18-11-12-19-31(3,4)34(21-13-20-32)24-29(36)33(23-28(30)35)22-27(25-14-7-5-8-15-25)26-16-9-6-10-17-26/h5-10,14-17,27H,11-13,18-24,32H2,1-4H3. The van der Waals surface area contributed by atoms with Crippen LogP contribution in [0.3, 0.4) is 0 Å². The van der Waals surface area contributed by atoms with Gasteiger partial charge in [0.15, 0.2) is 5.78 Å². The summed E-state index contributed by atoms with van der Waals surface area (Å²) in [5.74, 6) is 0.149. The van der Waals surface area contributed by atoms with Gasteiger partial charge in [-0.25, -0.2) is 0 Å². The van der Waals surface area contributed by atoms with Crippen LogP contribution in [0.1, 0.15) is 76.8 Å². The van der Waals surface area contributed by atoms with E-state index in [1.54, 1.807) is 0 Å². The summed E-state index contributed by atoms with van der Waals surface area (Å²) in [7, 11) is 0. The van der Waals surface area contributed by atoms with E-state index in [4.69, 9.17) is 5.73 Å². The Morgan fingerprint density at radius 1 is 0.833 bits per heavy atom. The first-order valence-electron chi connectivity index (χ1n) is 13.5. The second kappa shape index (κ2) is 12.6. The number of hydrogen-bond donors (Lipinski definition) is 1. The molecule has 1 heterocycles. The fourth-order valence-electron chi connectivity index (χ4n) is 5.20. The van der Waals surface area contributed by atoms with Crippen molar-refractivity contribution >= 4 is 11.7 Å². The van der Waals surface area contributed by atoms with Gasteiger partial charge in [0.05, 0.1) is 13.1 Å². The number of benzene rings is 2. The van der Waals surface area contributed by atoms with Gasteiger partial charge in [0.2, 0.25) is 5.91 Å². The van der Waals surface area contributed by atoms with Gasteiger partial charge >= 0.3 is 0 Å². The van der Waals surface area contributed by atoms with Crippen LogP contribution in [0.15, 0.2) is 60.7 Å². The molecule has 1 saturated heterocycles. The molecule has 0 bridgehead atoms. The molecule has 0 saturated carbocycles. The molecule has 1 aliphatic heterocycles. The quantitative estimate of drug-likeness (QED) is 0.575. The van der Waals surface area contributed by atoms with Crippen LogP contribution in [-0.2, 0) is 9.59 Å². The number of rotatable bonds is 7. The van der Waals surface area contributed by atoms with Crippen molar-refractivity contribution in [3.05, 3.63) is 71.8 Å². The van der Waals surface area contributed by atoms with Crippen molar-refractivity contribution in [2.45, 2.75) is 71.3 Å². The fourth-order valence-corrected chi connectivity index (χ4v) is 5.20. The highest BCUT2D eigenvalue weighted by molar-refractivity contribution is 5.90. The van der Waals surface area contributed by atoms with E-state index in [1.165, 1.54) is 0 Å². The average Bonchev–Trinajstić information content (AvgIpc) is 2.87. The normalized spacial score (nSPS) is 19.7. The third kappa shape index (κ3) is 7.50. The van der Waals surface area contributed by atoms with Crippen molar-refractivity contribution < 1.29 is 9.59 Å². The first-order chi connectivity index (χ1) is 17.1. The van der Waals surface area contributed by atoms with Gasteiger partial charge in [0.25, 0.3) is 0 Å². The van der Waals surface area contributed by atoms with E-state index in [9.17, 15) is 9.59 Å². The predicted octanol–water partition coefficient (Wildman–Crippen LogP) is 5.25. The first kappa shape index (κ1) is 28.1. The molecule has 2 N–H and O–H groups in total. The van der Waals surface area contributed by atoms with E-state index >= 15 is 0 Å². The lowest BCUT2D eigenvalue weighted by atomic mass is 9.81. The molecular weight excluding hydrogens is 446 g/mol. The Kier molecular flexibility index (Phi) is 9.86. The Morgan fingerprint density at radius 3 is 1.94 bits per heavy atom. The molecule has 1 aliphatic rings. The van der Waals surface area contributed by atoms with E-state index in [1.807, 2.05) is 55.1 Å². The largest absolute Gasteiger partial charge is 0.333 e. The smallest absolute Gasteiger partial charge is 0.237 e. The molecule has 0 aliphatic carbocycles. The van der Waals surface area contributed by atoms with Crippen molar-refractivity contribution in [2.24, 2.45) is 11.1 Å². The second-order valence-corrected chi connectivity index (χ2v) is 11.5. The minimum absolute atomic E-state index is 0.00864. The number of nitrogens with zero attached hydrogens (tertiary/aromatic N) is 2. The van der Waals surface area contributed by atoms with E-state index in [0.29, 0.717) is 19.6 Å². The van der Waals surface area contributed by atoms with Crippen LogP contribution in [0.2, 0.25) is 0 Å². The van der Waals surface area contributed by atoms with E-state index in [-0.39, 0.29) is 29.7 Å². The second-order valence-electron chi connectivity index (χ2n) is 11.5. The van der Waals surface area contributed by atoms with E-state index in [0.717, 1.165) is 49.8 Å². The van der Waals surface area contributed by atoms with Crippen LogP contribution in [0.25, 0.3) is 0 Å². The molecule has 36 heavy (non-hydrogen) atoms. The zero-order valence-corrected chi connectivity index (χ0v) is 22.7. The molecule has 5 nitrogen and oxygen atoms in total. The molecule has 1 amide bonds. The van der Waals surface area contributed by atoms with Crippen LogP contribution in [0.5, 0.6) is 0 Å². The van der Waals surface area contributed by atoms with Crippen LogP contribution < -0.4 is 5.73 Å². The summed E-state index contributed by atoms with van der Waals surface area (Å²) in [6, 6.07) is 20.6. The predicted molar refractivity (Wildman–Crippen MR) is 148 cm³/mol. The van der Waals surface area contributed by atoms with Crippen molar-refractivity contribution in [3.63, 3.8) is 0 Å². The van der Waals surface area contributed by atoms with Gasteiger partial charge in [-0.3, -0.25) is 14.5 Å². The number of carbonyl (C=O) groups excluding carboxylic acids is 2. The maximum absolute atomic E-state index is 13.9. The summed E-state index contributed by atoms with van der Waals surface area (Å²) in [5, 5.41) is 0. The Balaban J connectivity index is 1.97. The summed E-state index contributed by atoms with van der Waals surface area (Å²) in [6.45, 7) is 10.8. The lowest BCUT2D eigenvalue weighted by Gasteiger charge is -2.41. The van der Waals surface area contributed by atoms with Gasteiger partial charge in [-0.2, -0.15) is 0 Å². The maximum Gasteiger partial charge on any atom is 0.237 e. The number of carbonyl (C=O) groups is 2. The SMILES string of the molecule is CC1(C)CCCCC(C)(C)N(CCCN)CC(=O)N(CC(c2ccccc2)c2ccccc2)CC1=O. The van der Waals surface area contributed by atoms with Crippen molar-refractivity contribution in [1.29, 1.82) is 0 Å². The Morgan fingerprint density at radius 2 is 1.39 bits per heavy atom. The first-order valence-corrected chi connectivity index (χ1v) is 13.5. The molecule has 3 rings (SSSR count). The number of amides is 1. The molecular formula is C31H45N3O2. The van der Waals surface area contributed by atoms with Gasteiger partial charge in [-0.05, 0) is 50.8 Å². The van der Waals surface area contributed by atoms with Crippen LogP contribution >= 0.6 is 0 Å². The summed E-state index contributed by atoms with van der Waals surface area (Å²) < 4.78 is 0. The molecule has 2 aromatic carbocycles. The lowest BCUT2D eigenvalue weighted by Crippen LogP contribution is -2.52. The zero-order chi connectivity index (χ0) is 26.2. The van der Waals surface area contributed by atoms with Crippen molar-refractivity contribution in [1.82, 2.24) is 9.80 Å². The molecule has 1 fully saturated rings. The topological polar surface area (TPSA) is 66.6 Å². The maximum atomic E-state index is 13.9. The van der Waals surface area contributed by atoms with Crippen LogP contribution in [0.4, 0.5) is 0 Å². The molecule has 5 heteroatoms. The Hall–Kier alpha value is -2.50. The lowest BCUT2D eigenvalue weighted by molar-refractivity contribution is -0.140. The highest BCUT2D eigenvalue weighted by Crippen LogP contribution is 2.31. The highest BCUT2D eigenvalue weighted by atomic mass is 16.2. The molecule has 0 unspecified atom stereocenters. The number of hydrogen-bond acceptors (Lipinski definition) is 4. The van der Waals surface area contributed by atoms with Crippen LogP contribution in [0, 0.1) is 5.41 Å². The van der Waals surface area contributed by atoms with Crippen molar-refractivity contribution in [2.75, 3.05) is 32.7 Å². The molecule has 0 aromatic heterocycles. The summed E-state index contributed by atoms with van der Waals surface area (Å²) in [6.07, 6.45) is 4.74. The van der Waals surface area contributed by atoms with Crippen molar-refractivity contribution in [3.8, 4) is 0 Å². The third-order valence-corrected chi connectivity index (χ3v) is 7.90. The minimum Gasteiger partial charge on any atom is -0.333 e. The van der Waals surface area contributed by atoms with E-state index in [2.05, 4.69) is 43.0 Å². The number of Topliss-reactive ketones (excluding diaryl/α,β-unsaturated/α-hetero) is 1. The summed E-state index contributed by atoms with van der Waals surface area (Å²) in [4.78, 5) is 31.6. The monoisotopic (exact) mass is 491 g/mol.